The highest BCUT2D eigenvalue weighted by Crippen LogP contribution is 2.09. The Kier molecular flexibility index (Phi) is 3.34. The van der Waals surface area contributed by atoms with Crippen LogP contribution in [0.1, 0.15) is 6.42 Å². The third-order valence-corrected chi connectivity index (χ3v) is 2.76. The molecule has 1 fully saturated rings. The van der Waals surface area contributed by atoms with Gasteiger partial charge in [-0.25, -0.2) is 9.97 Å². The molecule has 1 N–H and O–H groups in total. The van der Waals surface area contributed by atoms with Crippen molar-refractivity contribution in [2.24, 2.45) is 0 Å². The molecule has 1 aliphatic heterocycles. The zero-order valence-electron chi connectivity index (χ0n) is 8.11. The Bertz CT molecular complexity index is 354. The van der Waals surface area contributed by atoms with Crippen LogP contribution in [0.2, 0.25) is 0 Å². The minimum Gasteiger partial charge on any atom is -0.354 e. The Morgan fingerprint density at radius 1 is 1.33 bits per heavy atom. The summed E-state index contributed by atoms with van der Waals surface area (Å²) in [5, 5.41) is 2.82. The number of rotatable bonds is 1. The van der Waals surface area contributed by atoms with Crippen LogP contribution in [0.15, 0.2) is 12.4 Å². The maximum Gasteiger partial charge on any atom is 0.225 e. The number of carbonyl (C=O) groups excluding carboxylic acids is 1. The highest BCUT2D eigenvalue weighted by Gasteiger charge is 2.15. The molecular weight excluding hydrogens is 307 g/mol. The molecule has 2 rings (SSSR count). The van der Waals surface area contributed by atoms with Gasteiger partial charge in [-0.1, -0.05) is 0 Å². The molecule has 5 nitrogen and oxygen atoms in total. The second kappa shape index (κ2) is 4.73. The first-order chi connectivity index (χ1) is 7.25. The smallest absolute Gasteiger partial charge is 0.225 e. The van der Waals surface area contributed by atoms with Gasteiger partial charge in [0.15, 0.2) is 0 Å². The number of anilines is 1. The molecule has 1 aromatic rings. The number of carbonyl (C=O) groups is 1. The molecule has 15 heavy (non-hydrogen) atoms. The number of nitrogens with zero attached hydrogens (tertiary/aromatic N) is 3. The monoisotopic (exact) mass is 318 g/mol. The van der Waals surface area contributed by atoms with Crippen molar-refractivity contribution in [3.8, 4) is 0 Å². The number of halogens is 1. The van der Waals surface area contributed by atoms with Gasteiger partial charge in [-0.2, -0.15) is 0 Å². The molecule has 0 bridgehead atoms. The molecule has 0 radical (unpaired) electrons. The highest BCUT2D eigenvalue weighted by molar-refractivity contribution is 14.1. The quantitative estimate of drug-likeness (QED) is 0.762. The van der Waals surface area contributed by atoms with Gasteiger partial charge < -0.3 is 10.2 Å². The van der Waals surface area contributed by atoms with Gasteiger partial charge in [0.1, 0.15) is 0 Å². The normalized spacial score (nSPS) is 17.1. The maximum atomic E-state index is 11.1. The van der Waals surface area contributed by atoms with Crippen molar-refractivity contribution in [3.63, 3.8) is 0 Å². The minimum atomic E-state index is 0.100. The van der Waals surface area contributed by atoms with E-state index in [1.54, 1.807) is 12.4 Å². The van der Waals surface area contributed by atoms with Gasteiger partial charge in [-0.05, 0) is 22.6 Å². The lowest BCUT2D eigenvalue weighted by Crippen LogP contribution is -2.29. The van der Waals surface area contributed by atoms with Gasteiger partial charge in [0, 0.05) is 42.0 Å². The fraction of sp³-hybridized carbons (Fsp3) is 0.444. The Balaban J connectivity index is 2.09. The standard InChI is InChI=1S/C9H11IN4O/c10-7-5-12-9(13-6-7)14-3-1-8(15)11-2-4-14/h5-6H,1-4H2,(H,11,15). The molecule has 0 aliphatic carbocycles. The Morgan fingerprint density at radius 2 is 2.07 bits per heavy atom. The maximum absolute atomic E-state index is 11.1. The summed E-state index contributed by atoms with van der Waals surface area (Å²) in [5.74, 6) is 0.801. The Hall–Kier alpha value is -0.920. The van der Waals surface area contributed by atoms with Crippen LogP contribution in [-0.2, 0) is 4.79 Å². The van der Waals surface area contributed by atoms with E-state index in [4.69, 9.17) is 0 Å². The lowest BCUT2D eigenvalue weighted by Gasteiger charge is -2.18. The number of aromatic nitrogens is 2. The van der Waals surface area contributed by atoms with E-state index in [9.17, 15) is 4.79 Å². The zero-order valence-corrected chi connectivity index (χ0v) is 10.3. The zero-order chi connectivity index (χ0) is 10.7. The Morgan fingerprint density at radius 3 is 2.80 bits per heavy atom. The van der Waals surface area contributed by atoms with Crippen molar-refractivity contribution in [2.45, 2.75) is 6.42 Å². The van der Waals surface area contributed by atoms with E-state index in [1.165, 1.54) is 0 Å². The summed E-state index contributed by atoms with van der Waals surface area (Å²) in [6, 6.07) is 0. The van der Waals surface area contributed by atoms with Gasteiger partial charge in [0.05, 0.1) is 0 Å². The summed E-state index contributed by atoms with van der Waals surface area (Å²) in [6.45, 7) is 2.12. The summed E-state index contributed by atoms with van der Waals surface area (Å²) in [4.78, 5) is 21.6. The first kappa shape index (κ1) is 10.6. The lowest BCUT2D eigenvalue weighted by molar-refractivity contribution is -0.120. The van der Waals surface area contributed by atoms with Crippen molar-refractivity contribution >= 4 is 34.4 Å². The molecule has 0 saturated carbocycles. The van der Waals surface area contributed by atoms with Crippen LogP contribution in [0.5, 0.6) is 0 Å². The van der Waals surface area contributed by atoms with Gasteiger partial charge in [0.25, 0.3) is 0 Å². The molecule has 80 valence electrons. The lowest BCUT2D eigenvalue weighted by atomic mass is 10.4. The summed E-state index contributed by atoms with van der Waals surface area (Å²) in [6.07, 6.45) is 4.07. The average molecular weight is 318 g/mol. The van der Waals surface area contributed by atoms with Crippen molar-refractivity contribution < 1.29 is 4.79 Å². The van der Waals surface area contributed by atoms with Crippen LogP contribution < -0.4 is 10.2 Å². The largest absolute Gasteiger partial charge is 0.354 e. The fourth-order valence-electron chi connectivity index (χ4n) is 1.44. The molecule has 6 heteroatoms. The average Bonchev–Trinajstić information content (AvgIpc) is 2.44. The van der Waals surface area contributed by atoms with E-state index < -0.39 is 0 Å². The van der Waals surface area contributed by atoms with Crippen LogP contribution >= 0.6 is 22.6 Å². The van der Waals surface area contributed by atoms with Crippen molar-refractivity contribution in [1.29, 1.82) is 0 Å². The number of amides is 1. The van der Waals surface area contributed by atoms with Crippen LogP contribution in [-0.4, -0.2) is 35.5 Å². The molecular formula is C9H11IN4O. The van der Waals surface area contributed by atoms with Crippen LogP contribution in [0.4, 0.5) is 5.95 Å². The summed E-state index contributed by atoms with van der Waals surface area (Å²) in [7, 11) is 0. The van der Waals surface area contributed by atoms with Gasteiger partial charge in [-0.3, -0.25) is 4.79 Å². The summed E-state index contributed by atoms with van der Waals surface area (Å²) >= 11 is 2.17. The van der Waals surface area contributed by atoms with Crippen LogP contribution in [0.3, 0.4) is 0 Å². The molecule has 1 saturated heterocycles. The van der Waals surface area contributed by atoms with Crippen molar-refractivity contribution in [1.82, 2.24) is 15.3 Å². The van der Waals surface area contributed by atoms with E-state index in [-0.39, 0.29) is 5.91 Å². The molecule has 2 heterocycles. The SMILES string of the molecule is O=C1CCN(c2ncc(I)cn2)CCN1. The molecule has 1 amide bonds. The number of nitrogens with one attached hydrogen (secondary N) is 1. The van der Waals surface area contributed by atoms with Crippen molar-refractivity contribution in [3.05, 3.63) is 16.0 Å². The van der Waals surface area contributed by atoms with E-state index in [1.807, 2.05) is 4.90 Å². The summed E-state index contributed by atoms with van der Waals surface area (Å²) in [5.41, 5.74) is 0. The third-order valence-electron chi connectivity index (χ3n) is 2.20. The first-order valence-corrected chi connectivity index (χ1v) is 5.83. The Labute approximate surface area is 101 Å². The predicted octanol–water partition coefficient (Wildman–Crippen LogP) is 0.408. The van der Waals surface area contributed by atoms with Gasteiger partial charge in [-0.15, -0.1) is 0 Å². The molecule has 0 atom stereocenters. The van der Waals surface area contributed by atoms with Crippen LogP contribution in [0, 0.1) is 3.57 Å². The topological polar surface area (TPSA) is 58.1 Å². The highest BCUT2D eigenvalue weighted by atomic mass is 127. The second-order valence-electron chi connectivity index (χ2n) is 3.29. The molecule has 0 aromatic carbocycles. The second-order valence-corrected chi connectivity index (χ2v) is 4.53. The summed E-state index contributed by atoms with van der Waals surface area (Å²) < 4.78 is 1.01. The minimum absolute atomic E-state index is 0.100. The number of hydrogen-bond acceptors (Lipinski definition) is 4. The molecule has 0 spiro atoms. The van der Waals surface area contributed by atoms with Crippen LogP contribution in [0.25, 0.3) is 0 Å². The first-order valence-electron chi connectivity index (χ1n) is 4.75. The van der Waals surface area contributed by atoms with E-state index in [2.05, 4.69) is 37.9 Å². The molecule has 1 aliphatic rings. The molecule has 0 unspecified atom stereocenters. The fourth-order valence-corrected chi connectivity index (χ4v) is 1.71. The van der Waals surface area contributed by atoms with E-state index in [0.29, 0.717) is 25.5 Å². The van der Waals surface area contributed by atoms with Crippen molar-refractivity contribution in [2.75, 3.05) is 24.5 Å². The van der Waals surface area contributed by atoms with E-state index in [0.717, 1.165) is 10.1 Å². The van der Waals surface area contributed by atoms with E-state index >= 15 is 0 Å². The number of hydrogen-bond donors (Lipinski definition) is 1. The molecule has 1 aromatic heterocycles. The van der Waals surface area contributed by atoms with Gasteiger partial charge in [0.2, 0.25) is 11.9 Å². The third kappa shape index (κ3) is 2.77. The predicted molar refractivity (Wildman–Crippen MR) is 64.6 cm³/mol. The van der Waals surface area contributed by atoms with Gasteiger partial charge >= 0.3 is 0 Å².